The van der Waals surface area contributed by atoms with Gasteiger partial charge in [-0.3, -0.25) is 4.79 Å². The normalized spacial score (nSPS) is 14.1. The van der Waals surface area contributed by atoms with Crippen LogP contribution >= 0.6 is 11.8 Å². The van der Waals surface area contributed by atoms with Gasteiger partial charge in [0.2, 0.25) is 17.8 Å². The monoisotopic (exact) mass is 497 g/mol. The molecule has 1 amide bonds. The molecule has 0 saturated carbocycles. The van der Waals surface area contributed by atoms with E-state index in [4.69, 9.17) is 0 Å². The minimum absolute atomic E-state index is 0.0541. The Morgan fingerprint density at radius 1 is 1.03 bits per heavy atom. The number of amides is 1. The second-order valence-corrected chi connectivity index (χ2v) is 8.88. The van der Waals surface area contributed by atoms with E-state index in [2.05, 4.69) is 50.8 Å². The van der Waals surface area contributed by atoms with Crippen LogP contribution in [0.2, 0.25) is 0 Å². The van der Waals surface area contributed by atoms with Crippen LogP contribution in [-0.4, -0.2) is 100.0 Å². The first-order valence-electron chi connectivity index (χ1n) is 11.5. The molecule has 35 heavy (non-hydrogen) atoms. The highest BCUT2D eigenvalue weighted by atomic mass is 32.2. The lowest BCUT2D eigenvalue weighted by atomic mass is 10.3. The van der Waals surface area contributed by atoms with Crippen LogP contribution in [-0.2, 0) is 4.79 Å². The number of thioether (sulfide) groups is 1. The Kier molecular flexibility index (Phi) is 6.48. The number of fused-ring (bicyclic) bond motifs is 2. The van der Waals surface area contributed by atoms with Crippen molar-refractivity contribution >= 4 is 46.9 Å². The lowest BCUT2D eigenvalue weighted by Gasteiger charge is -2.35. The van der Waals surface area contributed by atoms with E-state index in [9.17, 15) is 4.79 Å². The Bertz CT molecular complexity index is 1340. The van der Waals surface area contributed by atoms with Crippen molar-refractivity contribution in [3.8, 4) is 0 Å². The van der Waals surface area contributed by atoms with Crippen LogP contribution < -0.4 is 15.5 Å². The van der Waals surface area contributed by atoms with Gasteiger partial charge in [-0.25, -0.2) is 9.38 Å². The number of carbonyl (C=O) groups is 1. The molecule has 0 aliphatic carbocycles. The van der Waals surface area contributed by atoms with Crippen molar-refractivity contribution in [1.29, 1.82) is 0 Å². The number of carbonyl (C=O) groups excluding carboxylic acids is 1. The van der Waals surface area contributed by atoms with Crippen molar-refractivity contribution < 1.29 is 4.79 Å². The highest BCUT2D eigenvalue weighted by Gasteiger charge is 2.24. The molecule has 14 nitrogen and oxygen atoms in total. The number of piperazine rings is 1. The topological polar surface area (TPSA) is 147 Å². The third-order valence-electron chi connectivity index (χ3n) is 5.56. The molecule has 0 aromatic carbocycles. The van der Waals surface area contributed by atoms with E-state index >= 15 is 0 Å². The largest absolute Gasteiger partial charge is 0.355 e. The van der Waals surface area contributed by atoms with Crippen molar-refractivity contribution in [3.63, 3.8) is 0 Å². The lowest BCUT2D eigenvalue weighted by Crippen LogP contribution is -2.49. The highest BCUT2D eigenvalue weighted by molar-refractivity contribution is 7.99. The number of aromatic nitrogens is 9. The molecule has 2 N–H and O–H groups in total. The summed E-state index contributed by atoms with van der Waals surface area (Å²) in [6.07, 6.45) is 1.50. The first kappa shape index (κ1) is 23.0. The third-order valence-corrected chi connectivity index (χ3v) is 6.47. The molecule has 1 fully saturated rings. The van der Waals surface area contributed by atoms with Crippen LogP contribution in [0.15, 0.2) is 17.6 Å². The molecule has 184 valence electrons. The summed E-state index contributed by atoms with van der Waals surface area (Å²) in [6, 6.07) is 2.00. The van der Waals surface area contributed by atoms with Crippen LogP contribution in [0.1, 0.15) is 19.5 Å². The summed E-state index contributed by atoms with van der Waals surface area (Å²) in [4.78, 5) is 34.6. The maximum absolute atomic E-state index is 13.0. The molecule has 0 atom stereocenters. The molecule has 1 aliphatic heterocycles. The molecule has 5 rings (SSSR count). The van der Waals surface area contributed by atoms with Gasteiger partial charge in [0.15, 0.2) is 5.16 Å². The smallest absolute Gasteiger partial charge is 0.261 e. The molecule has 4 aromatic heterocycles. The van der Waals surface area contributed by atoms with Crippen molar-refractivity contribution in [1.82, 2.24) is 49.0 Å². The molecule has 1 aliphatic rings. The van der Waals surface area contributed by atoms with Crippen molar-refractivity contribution in [2.75, 3.05) is 60.6 Å². The lowest BCUT2D eigenvalue weighted by molar-refractivity contribution is -0.128. The molecule has 0 spiro atoms. The summed E-state index contributed by atoms with van der Waals surface area (Å²) in [6.45, 7) is 9.93. The van der Waals surface area contributed by atoms with Crippen LogP contribution in [0.25, 0.3) is 11.6 Å². The first-order valence-corrected chi connectivity index (χ1v) is 12.5. The molecule has 0 bridgehead atoms. The van der Waals surface area contributed by atoms with E-state index < -0.39 is 0 Å². The van der Waals surface area contributed by atoms with Gasteiger partial charge in [0.25, 0.3) is 11.6 Å². The van der Waals surface area contributed by atoms with Gasteiger partial charge >= 0.3 is 0 Å². The Hall–Kier alpha value is -3.75. The number of rotatable bonds is 8. The van der Waals surface area contributed by atoms with E-state index in [1.165, 1.54) is 18.1 Å². The van der Waals surface area contributed by atoms with Gasteiger partial charge in [0.1, 0.15) is 12.1 Å². The zero-order valence-corrected chi connectivity index (χ0v) is 20.7. The maximum Gasteiger partial charge on any atom is 0.261 e. The molecule has 0 unspecified atom stereocenters. The van der Waals surface area contributed by atoms with Gasteiger partial charge in [-0.15, -0.1) is 10.2 Å². The van der Waals surface area contributed by atoms with Gasteiger partial charge < -0.3 is 20.4 Å². The van der Waals surface area contributed by atoms with Crippen molar-refractivity contribution in [3.05, 3.63) is 18.1 Å². The fourth-order valence-electron chi connectivity index (χ4n) is 3.94. The second kappa shape index (κ2) is 9.85. The molecule has 4 aromatic rings. The number of anilines is 3. The standard InChI is InChI=1S/C20H27N13OS/c1-4-21-16-26-17(22-5-2)32-19(27-16)28-29-20(32)35-11-15(34)31-8-6-30(7-9-31)14-10-13(3)25-18-23-12-24-33(14)18/h10,12H,4-9,11H2,1-3H3,(H2,21,22,26,27,28). The van der Waals surface area contributed by atoms with Crippen molar-refractivity contribution in [2.24, 2.45) is 0 Å². The van der Waals surface area contributed by atoms with E-state index in [0.717, 1.165) is 11.5 Å². The molecule has 5 heterocycles. The molecule has 15 heteroatoms. The van der Waals surface area contributed by atoms with Gasteiger partial charge in [-0.2, -0.15) is 24.6 Å². The quantitative estimate of drug-likeness (QED) is 0.328. The van der Waals surface area contributed by atoms with Crippen LogP contribution in [0.5, 0.6) is 0 Å². The average molecular weight is 498 g/mol. The predicted octanol–water partition coefficient (Wildman–Crippen LogP) is 0.570. The SMILES string of the molecule is CCNc1nc(NCC)n2c(SCC(=O)N3CCN(c4cc(C)nc5ncnn45)CC3)nnc2n1. The maximum atomic E-state index is 13.0. The minimum Gasteiger partial charge on any atom is -0.355 e. The third kappa shape index (κ3) is 4.62. The number of aryl methyl sites for hydroxylation is 1. The Morgan fingerprint density at radius 2 is 1.83 bits per heavy atom. The molecular weight excluding hydrogens is 470 g/mol. The average Bonchev–Trinajstić information content (AvgIpc) is 3.49. The van der Waals surface area contributed by atoms with Gasteiger partial charge in [-0.05, 0) is 20.8 Å². The second-order valence-electron chi connectivity index (χ2n) is 7.93. The number of hydrogen-bond donors (Lipinski definition) is 2. The summed E-state index contributed by atoms with van der Waals surface area (Å²) in [5.74, 6) is 3.34. The Balaban J connectivity index is 1.24. The Morgan fingerprint density at radius 3 is 2.60 bits per heavy atom. The summed E-state index contributed by atoms with van der Waals surface area (Å²) in [7, 11) is 0. The van der Waals surface area contributed by atoms with Crippen molar-refractivity contribution in [2.45, 2.75) is 25.9 Å². The molecular formula is C20H27N13OS. The van der Waals surface area contributed by atoms with E-state index in [0.29, 0.717) is 67.9 Å². The van der Waals surface area contributed by atoms with Gasteiger partial charge in [0, 0.05) is 51.0 Å². The number of nitrogens with one attached hydrogen (secondary N) is 2. The summed E-state index contributed by atoms with van der Waals surface area (Å²) in [5.41, 5.74) is 0.884. The summed E-state index contributed by atoms with van der Waals surface area (Å²) >= 11 is 1.33. The first-order chi connectivity index (χ1) is 17.1. The number of hydrogen-bond acceptors (Lipinski definition) is 12. The van der Waals surface area contributed by atoms with E-state index in [1.807, 2.05) is 31.7 Å². The van der Waals surface area contributed by atoms with Crippen LogP contribution in [0.4, 0.5) is 17.7 Å². The van der Waals surface area contributed by atoms with E-state index in [1.54, 1.807) is 8.92 Å². The summed E-state index contributed by atoms with van der Waals surface area (Å²) < 4.78 is 3.48. The van der Waals surface area contributed by atoms with Gasteiger partial charge in [0.05, 0.1) is 5.75 Å². The molecule has 0 radical (unpaired) electrons. The number of nitrogens with zero attached hydrogens (tertiary/aromatic N) is 11. The summed E-state index contributed by atoms with van der Waals surface area (Å²) in [5, 5.41) is 19.6. The fourth-order valence-corrected chi connectivity index (χ4v) is 4.77. The predicted molar refractivity (Wildman–Crippen MR) is 132 cm³/mol. The van der Waals surface area contributed by atoms with Crippen LogP contribution in [0, 0.1) is 6.92 Å². The Labute approximate surface area is 205 Å². The van der Waals surface area contributed by atoms with E-state index in [-0.39, 0.29) is 11.7 Å². The minimum atomic E-state index is 0.0541. The zero-order valence-electron chi connectivity index (χ0n) is 19.8. The van der Waals surface area contributed by atoms with Gasteiger partial charge in [-0.1, -0.05) is 11.8 Å². The van der Waals surface area contributed by atoms with Crippen LogP contribution in [0.3, 0.4) is 0 Å². The zero-order chi connectivity index (χ0) is 24.4. The molecule has 1 saturated heterocycles. The fraction of sp³-hybridized carbons (Fsp3) is 0.500. The highest BCUT2D eigenvalue weighted by Crippen LogP contribution is 2.22.